The molecule has 1 aliphatic heterocycles. The summed E-state index contributed by atoms with van der Waals surface area (Å²) in [6.45, 7) is 1.81. The SMILES string of the molecule is C[C@@H](NC(=O)NC[C@@H]1CCCS1(=O)=O)c1ccc(F)cc1Cl. The molecule has 1 heterocycles. The van der Waals surface area contributed by atoms with Crippen LogP contribution in [-0.2, 0) is 9.84 Å². The van der Waals surface area contributed by atoms with E-state index in [0.717, 1.165) is 0 Å². The molecule has 1 saturated heterocycles. The largest absolute Gasteiger partial charge is 0.337 e. The van der Waals surface area contributed by atoms with Gasteiger partial charge in [0, 0.05) is 11.6 Å². The Balaban J connectivity index is 1.89. The molecule has 2 atom stereocenters. The first kappa shape index (κ1) is 17.0. The minimum Gasteiger partial charge on any atom is -0.337 e. The van der Waals surface area contributed by atoms with Crippen LogP contribution >= 0.6 is 11.6 Å². The number of sulfone groups is 1. The van der Waals surface area contributed by atoms with Crippen molar-refractivity contribution < 1.29 is 17.6 Å². The Bertz CT molecular complexity index is 666. The van der Waals surface area contributed by atoms with Crippen molar-refractivity contribution in [3.63, 3.8) is 0 Å². The zero-order chi connectivity index (χ0) is 16.3. The lowest BCUT2D eigenvalue weighted by molar-refractivity contribution is 0.238. The number of amides is 2. The molecule has 2 N–H and O–H groups in total. The standard InChI is InChI=1S/C14H18ClFN2O3S/c1-9(12-5-4-10(16)7-13(12)15)18-14(19)17-8-11-3-2-6-22(11,20)21/h4-5,7,9,11H,2-3,6,8H2,1H3,(H2,17,18,19)/t9-,11+/m1/s1. The van der Waals surface area contributed by atoms with Crippen LogP contribution in [0.5, 0.6) is 0 Å². The Morgan fingerprint density at radius 1 is 1.50 bits per heavy atom. The molecule has 122 valence electrons. The van der Waals surface area contributed by atoms with Crippen molar-refractivity contribution in [1.82, 2.24) is 10.6 Å². The van der Waals surface area contributed by atoms with E-state index in [-0.39, 0.29) is 17.3 Å². The molecule has 1 fully saturated rings. The normalized spacial score (nSPS) is 21.3. The van der Waals surface area contributed by atoms with Crippen LogP contribution in [0.15, 0.2) is 18.2 Å². The van der Waals surface area contributed by atoms with Gasteiger partial charge in [0.05, 0.1) is 17.0 Å². The van der Waals surface area contributed by atoms with Crippen LogP contribution < -0.4 is 10.6 Å². The number of urea groups is 1. The first-order chi connectivity index (χ1) is 10.3. The van der Waals surface area contributed by atoms with E-state index in [1.165, 1.54) is 18.2 Å². The first-order valence-electron chi connectivity index (χ1n) is 7.00. The van der Waals surface area contributed by atoms with Crippen molar-refractivity contribution in [2.45, 2.75) is 31.1 Å². The molecule has 0 aromatic heterocycles. The zero-order valence-electron chi connectivity index (χ0n) is 12.1. The van der Waals surface area contributed by atoms with E-state index >= 15 is 0 Å². The van der Waals surface area contributed by atoms with Crippen molar-refractivity contribution in [3.8, 4) is 0 Å². The summed E-state index contributed by atoms with van der Waals surface area (Å²) in [5, 5.41) is 4.94. The van der Waals surface area contributed by atoms with Crippen LogP contribution in [0.3, 0.4) is 0 Å². The van der Waals surface area contributed by atoms with Crippen molar-refractivity contribution in [1.29, 1.82) is 0 Å². The van der Waals surface area contributed by atoms with Gasteiger partial charge >= 0.3 is 6.03 Å². The molecule has 22 heavy (non-hydrogen) atoms. The second-order valence-electron chi connectivity index (χ2n) is 5.37. The summed E-state index contributed by atoms with van der Waals surface area (Å²) in [6.07, 6.45) is 1.21. The molecule has 0 spiro atoms. The molecule has 0 radical (unpaired) electrons. The van der Waals surface area contributed by atoms with Crippen LogP contribution in [0.4, 0.5) is 9.18 Å². The molecule has 0 bridgehead atoms. The van der Waals surface area contributed by atoms with E-state index < -0.39 is 33.0 Å². The van der Waals surface area contributed by atoms with E-state index in [2.05, 4.69) is 10.6 Å². The lowest BCUT2D eigenvalue weighted by atomic mass is 10.1. The molecule has 1 aliphatic rings. The van der Waals surface area contributed by atoms with Crippen molar-refractivity contribution in [3.05, 3.63) is 34.6 Å². The summed E-state index contributed by atoms with van der Waals surface area (Å²) < 4.78 is 36.3. The minimum atomic E-state index is -3.08. The molecule has 5 nitrogen and oxygen atoms in total. The van der Waals surface area contributed by atoms with Crippen molar-refractivity contribution >= 4 is 27.5 Å². The Labute approximate surface area is 134 Å². The van der Waals surface area contributed by atoms with Crippen LogP contribution in [-0.4, -0.2) is 32.0 Å². The molecule has 0 unspecified atom stereocenters. The third-order valence-corrected chi connectivity index (χ3v) is 6.33. The number of benzene rings is 1. The van der Waals surface area contributed by atoms with Gasteiger partial charge in [0.1, 0.15) is 5.82 Å². The Morgan fingerprint density at radius 2 is 2.23 bits per heavy atom. The highest BCUT2D eigenvalue weighted by atomic mass is 35.5. The van der Waals surface area contributed by atoms with Crippen molar-refractivity contribution in [2.24, 2.45) is 0 Å². The predicted octanol–water partition coefficient (Wildman–Crippen LogP) is 2.42. The molecule has 2 amide bonds. The van der Waals surface area contributed by atoms with Gasteiger partial charge in [-0.1, -0.05) is 17.7 Å². The van der Waals surface area contributed by atoms with Crippen LogP contribution in [0, 0.1) is 5.82 Å². The molecule has 0 aliphatic carbocycles. The second-order valence-corrected chi connectivity index (χ2v) is 8.18. The summed E-state index contributed by atoms with van der Waals surface area (Å²) in [5.74, 6) is -0.264. The number of carbonyl (C=O) groups excluding carboxylic acids is 1. The number of halogens is 2. The number of carbonyl (C=O) groups is 1. The quantitative estimate of drug-likeness (QED) is 0.877. The maximum absolute atomic E-state index is 13.0. The highest BCUT2D eigenvalue weighted by Crippen LogP contribution is 2.23. The van der Waals surface area contributed by atoms with Gasteiger partial charge < -0.3 is 10.6 Å². The van der Waals surface area contributed by atoms with E-state index in [1.54, 1.807) is 6.92 Å². The average Bonchev–Trinajstić information content (AvgIpc) is 2.75. The van der Waals surface area contributed by atoms with Crippen LogP contribution in [0.2, 0.25) is 5.02 Å². The van der Waals surface area contributed by atoms with Gasteiger partial charge in [-0.05, 0) is 37.5 Å². The Morgan fingerprint density at radius 3 is 2.82 bits per heavy atom. The maximum Gasteiger partial charge on any atom is 0.315 e. The minimum absolute atomic E-state index is 0.0953. The predicted molar refractivity (Wildman–Crippen MR) is 83.2 cm³/mol. The van der Waals surface area contributed by atoms with Gasteiger partial charge in [0.15, 0.2) is 9.84 Å². The maximum atomic E-state index is 13.0. The lowest BCUT2D eigenvalue weighted by Crippen LogP contribution is -2.41. The topological polar surface area (TPSA) is 75.3 Å². The van der Waals surface area contributed by atoms with Crippen LogP contribution in [0.25, 0.3) is 0 Å². The number of hydrogen-bond donors (Lipinski definition) is 2. The van der Waals surface area contributed by atoms with Gasteiger partial charge in [0.2, 0.25) is 0 Å². The fourth-order valence-electron chi connectivity index (χ4n) is 2.47. The number of hydrogen-bond acceptors (Lipinski definition) is 3. The lowest BCUT2D eigenvalue weighted by Gasteiger charge is -2.17. The van der Waals surface area contributed by atoms with Gasteiger partial charge in [-0.3, -0.25) is 0 Å². The molecular formula is C14H18ClFN2O3S. The van der Waals surface area contributed by atoms with Crippen molar-refractivity contribution in [2.75, 3.05) is 12.3 Å². The van der Waals surface area contributed by atoms with Crippen LogP contribution in [0.1, 0.15) is 31.4 Å². The molecule has 0 saturated carbocycles. The zero-order valence-corrected chi connectivity index (χ0v) is 13.7. The van der Waals surface area contributed by atoms with Gasteiger partial charge in [0.25, 0.3) is 0 Å². The van der Waals surface area contributed by atoms with E-state index in [9.17, 15) is 17.6 Å². The highest BCUT2D eigenvalue weighted by Gasteiger charge is 2.31. The van der Waals surface area contributed by atoms with Gasteiger partial charge in [-0.2, -0.15) is 0 Å². The fraction of sp³-hybridized carbons (Fsp3) is 0.500. The number of rotatable bonds is 4. The Kier molecular flexibility index (Phi) is 5.28. The molecule has 8 heteroatoms. The summed E-state index contributed by atoms with van der Waals surface area (Å²) in [5.41, 5.74) is 0.590. The molecule has 1 aromatic carbocycles. The summed E-state index contributed by atoms with van der Waals surface area (Å²) in [6, 6.07) is 3.05. The third kappa shape index (κ3) is 4.10. The van der Waals surface area contributed by atoms with E-state index in [1.807, 2.05) is 0 Å². The summed E-state index contributed by atoms with van der Waals surface area (Å²) >= 11 is 5.93. The fourth-order valence-corrected chi connectivity index (χ4v) is 4.57. The first-order valence-corrected chi connectivity index (χ1v) is 9.10. The monoisotopic (exact) mass is 348 g/mol. The summed E-state index contributed by atoms with van der Waals surface area (Å²) in [7, 11) is -3.08. The molecule has 2 rings (SSSR count). The molecule has 1 aromatic rings. The third-order valence-electron chi connectivity index (χ3n) is 3.73. The van der Waals surface area contributed by atoms with E-state index in [4.69, 9.17) is 11.6 Å². The van der Waals surface area contributed by atoms with Gasteiger partial charge in [-0.25, -0.2) is 17.6 Å². The second kappa shape index (κ2) is 6.83. The smallest absolute Gasteiger partial charge is 0.315 e. The highest BCUT2D eigenvalue weighted by molar-refractivity contribution is 7.92. The summed E-state index contributed by atoms with van der Waals surface area (Å²) in [4.78, 5) is 11.8. The average molecular weight is 349 g/mol. The Hall–Kier alpha value is -1.34. The molecular weight excluding hydrogens is 331 g/mol. The van der Waals surface area contributed by atoms with E-state index in [0.29, 0.717) is 18.4 Å². The number of nitrogens with one attached hydrogen (secondary N) is 2. The van der Waals surface area contributed by atoms with Gasteiger partial charge in [-0.15, -0.1) is 0 Å².